The van der Waals surface area contributed by atoms with Crippen LogP contribution in [0.3, 0.4) is 0 Å². The van der Waals surface area contributed by atoms with E-state index in [4.69, 9.17) is 0 Å². The highest BCUT2D eigenvalue weighted by Crippen LogP contribution is 2.23. The lowest BCUT2D eigenvalue weighted by Gasteiger charge is -2.22. The van der Waals surface area contributed by atoms with Crippen LogP contribution in [-0.2, 0) is 0 Å². The summed E-state index contributed by atoms with van der Waals surface area (Å²) < 4.78 is 0.307. The minimum Gasteiger partial charge on any atom is -0.387 e. The van der Waals surface area contributed by atoms with Crippen molar-refractivity contribution in [2.24, 2.45) is 0 Å². The third kappa shape index (κ3) is 6.46. The molecule has 17 heavy (non-hydrogen) atoms. The van der Waals surface area contributed by atoms with Crippen LogP contribution in [-0.4, -0.2) is 28.2 Å². The molecule has 0 aromatic carbocycles. The average molecular weight is 273 g/mol. The van der Waals surface area contributed by atoms with Gasteiger partial charge in [0.25, 0.3) is 0 Å². The van der Waals surface area contributed by atoms with Gasteiger partial charge in [0.2, 0.25) is 0 Å². The maximum Gasteiger partial charge on any atom is 0.0922 e. The van der Waals surface area contributed by atoms with Gasteiger partial charge in [-0.1, -0.05) is 20.8 Å². The first-order valence-electron chi connectivity index (χ1n) is 5.96. The lowest BCUT2D eigenvalue weighted by molar-refractivity contribution is 0.172. The third-order valence-corrected chi connectivity index (χ3v) is 4.59. The Morgan fingerprint density at radius 3 is 2.71 bits per heavy atom. The summed E-state index contributed by atoms with van der Waals surface area (Å²) in [7, 11) is 0. The number of aliphatic hydroxyl groups is 1. The zero-order valence-electron chi connectivity index (χ0n) is 11.1. The Labute approximate surface area is 113 Å². The number of thioether (sulfide) groups is 1. The molecule has 0 saturated carbocycles. The van der Waals surface area contributed by atoms with E-state index >= 15 is 0 Å². The van der Waals surface area contributed by atoms with Crippen LogP contribution in [0, 0.1) is 0 Å². The molecule has 1 aromatic rings. The highest BCUT2D eigenvalue weighted by molar-refractivity contribution is 8.00. The highest BCUT2D eigenvalue weighted by Gasteiger charge is 2.14. The molecule has 0 aliphatic rings. The maximum absolute atomic E-state index is 9.92. The Balaban J connectivity index is 2.22. The Morgan fingerprint density at radius 1 is 1.47 bits per heavy atom. The first-order chi connectivity index (χ1) is 7.88. The predicted octanol–water partition coefficient (Wildman–Crippen LogP) is 3.29. The number of hydrogen-bond donors (Lipinski definition) is 2. The molecule has 98 valence electrons. The number of rotatable bonds is 6. The molecule has 1 heterocycles. The summed E-state index contributed by atoms with van der Waals surface area (Å²) in [5.74, 6) is 1.07. The Morgan fingerprint density at radius 2 is 2.18 bits per heavy atom. The molecule has 0 unspecified atom stereocenters. The van der Waals surface area contributed by atoms with Gasteiger partial charge in [0.1, 0.15) is 0 Å². The van der Waals surface area contributed by atoms with Gasteiger partial charge in [-0.15, -0.1) is 0 Å². The van der Waals surface area contributed by atoms with Gasteiger partial charge < -0.3 is 10.4 Å². The smallest absolute Gasteiger partial charge is 0.0922 e. The molecule has 2 atom stereocenters. The summed E-state index contributed by atoms with van der Waals surface area (Å²) in [5, 5.41) is 17.3. The van der Waals surface area contributed by atoms with Crippen molar-refractivity contribution in [1.29, 1.82) is 0 Å². The van der Waals surface area contributed by atoms with Crippen LogP contribution in [0.5, 0.6) is 0 Å². The van der Waals surface area contributed by atoms with E-state index in [-0.39, 0.29) is 6.10 Å². The SMILES string of the molecule is C[C@H](CSC(C)(C)C)NC[C@@H](O)c1ccsc1. The number of nitrogens with one attached hydrogen (secondary N) is 1. The molecule has 1 aromatic heterocycles. The van der Waals surface area contributed by atoms with Gasteiger partial charge in [0.05, 0.1) is 6.10 Å². The standard InChI is InChI=1S/C13H23NOS2/c1-10(8-17-13(2,3)4)14-7-12(15)11-5-6-16-9-11/h5-6,9-10,12,14-15H,7-8H2,1-4H3/t10-,12-/m1/s1. The highest BCUT2D eigenvalue weighted by atomic mass is 32.2. The summed E-state index contributed by atoms with van der Waals surface area (Å²) in [6.07, 6.45) is -0.386. The molecule has 0 amide bonds. The zero-order chi connectivity index (χ0) is 12.9. The Kier molecular flexibility index (Phi) is 6.00. The first kappa shape index (κ1) is 15.0. The van der Waals surface area contributed by atoms with Gasteiger partial charge in [-0.25, -0.2) is 0 Å². The number of aliphatic hydroxyl groups excluding tert-OH is 1. The lowest BCUT2D eigenvalue weighted by atomic mass is 10.2. The second-order valence-electron chi connectivity index (χ2n) is 5.31. The summed E-state index contributed by atoms with van der Waals surface area (Å²) in [5.41, 5.74) is 1.01. The van der Waals surface area contributed by atoms with Gasteiger partial charge >= 0.3 is 0 Å². The summed E-state index contributed by atoms with van der Waals surface area (Å²) in [6, 6.07) is 2.40. The van der Waals surface area contributed by atoms with E-state index in [1.165, 1.54) is 0 Å². The van der Waals surface area contributed by atoms with Gasteiger partial charge in [-0.3, -0.25) is 0 Å². The molecule has 0 fully saturated rings. The Hall–Kier alpha value is -0.0300. The molecule has 2 N–H and O–H groups in total. The van der Waals surface area contributed by atoms with E-state index in [9.17, 15) is 5.11 Å². The van der Waals surface area contributed by atoms with Crippen molar-refractivity contribution in [3.05, 3.63) is 22.4 Å². The van der Waals surface area contributed by atoms with Crippen molar-refractivity contribution in [2.75, 3.05) is 12.3 Å². The summed E-state index contributed by atoms with van der Waals surface area (Å²) in [6.45, 7) is 9.47. The normalized spacial score (nSPS) is 15.8. The quantitative estimate of drug-likeness (QED) is 0.834. The fourth-order valence-electron chi connectivity index (χ4n) is 1.33. The van der Waals surface area contributed by atoms with Crippen LogP contribution in [0.2, 0.25) is 0 Å². The van der Waals surface area contributed by atoms with Crippen LogP contribution < -0.4 is 5.32 Å². The van der Waals surface area contributed by atoms with Crippen LogP contribution in [0.1, 0.15) is 39.4 Å². The molecule has 0 saturated heterocycles. The van der Waals surface area contributed by atoms with Gasteiger partial charge in [-0.05, 0) is 29.3 Å². The number of thiophene rings is 1. The van der Waals surface area contributed by atoms with Crippen molar-refractivity contribution < 1.29 is 5.11 Å². The van der Waals surface area contributed by atoms with Gasteiger partial charge in [0.15, 0.2) is 0 Å². The van der Waals surface area contributed by atoms with Crippen LogP contribution >= 0.6 is 23.1 Å². The molecular weight excluding hydrogens is 250 g/mol. The maximum atomic E-state index is 9.92. The predicted molar refractivity (Wildman–Crippen MR) is 79.0 cm³/mol. The molecule has 0 aliphatic heterocycles. The van der Waals surface area contributed by atoms with Crippen LogP contribution in [0.15, 0.2) is 16.8 Å². The van der Waals surface area contributed by atoms with Crippen molar-refractivity contribution in [3.8, 4) is 0 Å². The van der Waals surface area contributed by atoms with Crippen molar-refractivity contribution in [1.82, 2.24) is 5.32 Å². The van der Waals surface area contributed by atoms with E-state index in [1.54, 1.807) is 11.3 Å². The topological polar surface area (TPSA) is 32.3 Å². The minimum absolute atomic E-state index is 0.307. The largest absolute Gasteiger partial charge is 0.387 e. The summed E-state index contributed by atoms with van der Waals surface area (Å²) in [4.78, 5) is 0. The second kappa shape index (κ2) is 6.78. The van der Waals surface area contributed by atoms with Crippen molar-refractivity contribution >= 4 is 23.1 Å². The Bertz CT molecular complexity index is 306. The fourth-order valence-corrected chi connectivity index (χ4v) is 2.90. The monoisotopic (exact) mass is 273 g/mol. The van der Waals surface area contributed by atoms with E-state index in [0.29, 0.717) is 17.3 Å². The van der Waals surface area contributed by atoms with Gasteiger partial charge in [0, 0.05) is 23.1 Å². The fraction of sp³-hybridized carbons (Fsp3) is 0.692. The number of hydrogen-bond acceptors (Lipinski definition) is 4. The van der Waals surface area contributed by atoms with Crippen molar-refractivity contribution in [3.63, 3.8) is 0 Å². The second-order valence-corrected chi connectivity index (χ2v) is 7.93. The first-order valence-corrected chi connectivity index (χ1v) is 7.89. The average Bonchev–Trinajstić information content (AvgIpc) is 2.75. The molecule has 0 bridgehead atoms. The van der Waals surface area contributed by atoms with Crippen molar-refractivity contribution in [2.45, 2.75) is 44.6 Å². The van der Waals surface area contributed by atoms with E-state index in [1.807, 2.05) is 28.6 Å². The third-order valence-electron chi connectivity index (χ3n) is 2.35. The zero-order valence-corrected chi connectivity index (χ0v) is 12.7. The molecular formula is C13H23NOS2. The van der Waals surface area contributed by atoms with E-state index in [2.05, 4.69) is 33.0 Å². The summed E-state index contributed by atoms with van der Waals surface area (Å²) >= 11 is 3.57. The molecule has 1 rings (SSSR count). The molecule has 2 nitrogen and oxygen atoms in total. The minimum atomic E-state index is -0.386. The van der Waals surface area contributed by atoms with Crippen LogP contribution in [0.4, 0.5) is 0 Å². The molecule has 0 radical (unpaired) electrons. The molecule has 4 heteroatoms. The lowest BCUT2D eigenvalue weighted by Crippen LogP contribution is -2.33. The van der Waals surface area contributed by atoms with E-state index < -0.39 is 0 Å². The molecule has 0 spiro atoms. The van der Waals surface area contributed by atoms with Crippen LogP contribution in [0.25, 0.3) is 0 Å². The van der Waals surface area contributed by atoms with Gasteiger partial charge in [-0.2, -0.15) is 23.1 Å². The van der Waals surface area contributed by atoms with E-state index in [0.717, 1.165) is 11.3 Å². The molecule has 0 aliphatic carbocycles.